The highest BCUT2D eigenvalue weighted by atomic mass is 16.6. The Labute approximate surface area is 101 Å². The fourth-order valence-electron chi connectivity index (χ4n) is 1.44. The zero-order valence-corrected chi connectivity index (χ0v) is 9.75. The zero-order chi connectivity index (χ0) is 11.9. The van der Waals surface area contributed by atoms with Crippen LogP contribution in [0.2, 0.25) is 0 Å². The molecule has 0 aromatic heterocycles. The molecule has 1 fully saturated rings. The smallest absolute Gasteiger partial charge is 0.104 e. The van der Waals surface area contributed by atoms with E-state index in [2.05, 4.69) is 0 Å². The quantitative estimate of drug-likeness (QED) is 0.686. The molecule has 4 heteroatoms. The maximum Gasteiger partial charge on any atom is 0.104 e. The van der Waals surface area contributed by atoms with Crippen LogP contribution in [-0.4, -0.2) is 43.7 Å². The molecule has 0 bridgehead atoms. The molecule has 1 N–H and O–H groups in total. The van der Waals surface area contributed by atoms with E-state index in [1.54, 1.807) is 0 Å². The Bertz CT molecular complexity index is 310. The van der Waals surface area contributed by atoms with Crippen LogP contribution in [0.25, 0.3) is 0 Å². The minimum Gasteiger partial charge on any atom is -0.394 e. The molecule has 1 aromatic carbocycles. The third kappa shape index (κ3) is 4.83. The SMILES string of the molecule is OCC(COCC1CO1)OCc1ccccc1. The molecule has 0 aliphatic carbocycles. The van der Waals surface area contributed by atoms with Crippen molar-refractivity contribution < 1.29 is 19.3 Å². The Morgan fingerprint density at radius 3 is 2.76 bits per heavy atom. The van der Waals surface area contributed by atoms with Crippen LogP contribution in [-0.2, 0) is 20.8 Å². The van der Waals surface area contributed by atoms with Crippen molar-refractivity contribution in [1.82, 2.24) is 0 Å². The molecule has 1 aliphatic heterocycles. The Morgan fingerprint density at radius 1 is 1.35 bits per heavy atom. The fraction of sp³-hybridized carbons (Fsp3) is 0.538. The predicted octanol–water partition coefficient (Wildman–Crippen LogP) is 0.979. The summed E-state index contributed by atoms with van der Waals surface area (Å²) in [6.07, 6.45) is -0.0163. The van der Waals surface area contributed by atoms with Crippen LogP contribution in [0.1, 0.15) is 5.56 Å². The van der Waals surface area contributed by atoms with Gasteiger partial charge in [0.05, 0.1) is 33.0 Å². The summed E-state index contributed by atoms with van der Waals surface area (Å²) in [4.78, 5) is 0. The first-order valence-corrected chi connectivity index (χ1v) is 5.84. The van der Waals surface area contributed by atoms with Gasteiger partial charge in [-0.25, -0.2) is 0 Å². The Morgan fingerprint density at radius 2 is 2.12 bits per heavy atom. The molecule has 94 valence electrons. The van der Waals surface area contributed by atoms with Gasteiger partial charge in [0.1, 0.15) is 12.2 Å². The lowest BCUT2D eigenvalue weighted by molar-refractivity contribution is -0.0516. The molecule has 0 amide bonds. The van der Waals surface area contributed by atoms with Gasteiger partial charge in [0, 0.05) is 0 Å². The number of aliphatic hydroxyl groups excluding tert-OH is 1. The molecule has 0 radical (unpaired) electrons. The number of aliphatic hydroxyl groups is 1. The molecule has 4 nitrogen and oxygen atoms in total. The summed E-state index contributed by atoms with van der Waals surface area (Å²) in [5.74, 6) is 0. The lowest BCUT2D eigenvalue weighted by atomic mass is 10.2. The second kappa shape index (κ2) is 6.71. The number of hydrogen-bond donors (Lipinski definition) is 1. The van der Waals surface area contributed by atoms with Gasteiger partial charge in [0.2, 0.25) is 0 Å². The van der Waals surface area contributed by atoms with Gasteiger partial charge < -0.3 is 19.3 Å². The highest BCUT2D eigenvalue weighted by Crippen LogP contribution is 2.09. The normalized spacial score (nSPS) is 20.2. The molecule has 2 atom stereocenters. The van der Waals surface area contributed by atoms with E-state index in [-0.39, 0.29) is 18.8 Å². The van der Waals surface area contributed by atoms with Gasteiger partial charge in [-0.15, -0.1) is 0 Å². The minimum atomic E-state index is -0.269. The van der Waals surface area contributed by atoms with E-state index >= 15 is 0 Å². The second-order valence-electron chi connectivity index (χ2n) is 4.09. The topological polar surface area (TPSA) is 51.2 Å². The van der Waals surface area contributed by atoms with Gasteiger partial charge in [0.15, 0.2) is 0 Å². The summed E-state index contributed by atoms with van der Waals surface area (Å²) < 4.78 is 16.0. The summed E-state index contributed by atoms with van der Waals surface area (Å²) in [6.45, 7) is 2.25. The van der Waals surface area contributed by atoms with Gasteiger partial charge in [-0.2, -0.15) is 0 Å². The maximum absolute atomic E-state index is 9.15. The van der Waals surface area contributed by atoms with Crippen LogP contribution in [0.15, 0.2) is 30.3 Å². The molecule has 1 heterocycles. The fourth-order valence-corrected chi connectivity index (χ4v) is 1.44. The maximum atomic E-state index is 9.15. The zero-order valence-electron chi connectivity index (χ0n) is 9.75. The van der Waals surface area contributed by atoms with E-state index < -0.39 is 0 Å². The Balaban J connectivity index is 1.63. The monoisotopic (exact) mass is 238 g/mol. The molecule has 1 aromatic rings. The molecule has 17 heavy (non-hydrogen) atoms. The van der Waals surface area contributed by atoms with Gasteiger partial charge in [-0.1, -0.05) is 30.3 Å². The summed E-state index contributed by atoms with van der Waals surface area (Å²) in [6, 6.07) is 9.88. The molecule has 0 saturated carbocycles. The van der Waals surface area contributed by atoms with Gasteiger partial charge in [0.25, 0.3) is 0 Å². The predicted molar refractivity (Wildman–Crippen MR) is 62.7 cm³/mol. The minimum absolute atomic E-state index is 0.0294. The summed E-state index contributed by atoms with van der Waals surface area (Å²) in [5, 5.41) is 9.15. The number of hydrogen-bond acceptors (Lipinski definition) is 4. The molecule has 1 saturated heterocycles. The van der Waals surface area contributed by atoms with E-state index in [9.17, 15) is 0 Å². The molecule has 0 spiro atoms. The van der Waals surface area contributed by atoms with Crippen molar-refractivity contribution in [3.05, 3.63) is 35.9 Å². The van der Waals surface area contributed by atoms with Crippen LogP contribution in [0.4, 0.5) is 0 Å². The van der Waals surface area contributed by atoms with Crippen LogP contribution >= 0.6 is 0 Å². The van der Waals surface area contributed by atoms with Gasteiger partial charge in [-0.3, -0.25) is 0 Å². The molecular weight excluding hydrogens is 220 g/mol. The molecule has 1 aliphatic rings. The van der Waals surface area contributed by atoms with Crippen molar-refractivity contribution in [2.75, 3.05) is 26.4 Å². The number of rotatable bonds is 8. The number of ether oxygens (including phenoxy) is 3. The van der Waals surface area contributed by atoms with Crippen molar-refractivity contribution in [2.24, 2.45) is 0 Å². The highest BCUT2D eigenvalue weighted by Gasteiger charge is 2.22. The van der Waals surface area contributed by atoms with Crippen molar-refractivity contribution in [3.63, 3.8) is 0 Å². The van der Waals surface area contributed by atoms with Gasteiger partial charge >= 0.3 is 0 Å². The lowest BCUT2D eigenvalue weighted by Gasteiger charge is -2.15. The van der Waals surface area contributed by atoms with Crippen LogP contribution in [0, 0.1) is 0 Å². The van der Waals surface area contributed by atoms with Gasteiger partial charge in [-0.05, 0) is 5.56 Å². The van der Waals surface area contributed by atoms with E-state index in [0.717, 1.165) is 12.2 Å². The Kier molecular flexibility index (Phi) is 4.94. The van der Waals surface area contributed by atoms with Crippen LogP contribution in [0.5, 0.6) is 0 Å². The van der Waals surface area contributed by atoms with E-state index in [1.165, 1.54) is 0 Å². The van der Waals surface area contributed by atoms with Crippen molar-refractivity contribution in [3.8, 4) is 0 Å². The average Bonchev–Trinajstić information content (AvgIpc) is 3.19. The van der Waals surface area contributed by atoms with E-state index in [0.29, 0.717) is 19.8 Å². The second-order valence-corrected chi connectivity index (χ2v) is 4.09. The first-order valence-electron chi connectivity index (χ1n) is 5.84. The Hall–Kier alpha value is -0.940. The van der Waals surface area contributed by atoms with E-state index in [1.807, 2.05) is 30.3 Å². The first-order chi connectivity index (χ1) is 8.38. The highest BCUT2D eigenvalue weighted by molar-refractivity contribution is 5.13. The van der Waals surface area contributed by atoms with Crippen molar-refractivity contribution in [1.29, 1.82) is 0 Å². The lowest BCUT2D eigenvalue weighted by Crippen LogP contribution is -2.24. The third-order valence-electron chi connectivity index (χ3n) is 2.54. The third-order valence-corrected chi connectivity index (χ3v) is 2.54. The summed E-state index contributed by atoms with van der Waals surface area (Å²) in [7, 11) is 0. The molecule has 2 unspecified atom stereocenters. The number of benzene rings is 1. The largest absolute Gasteiger partial charge is 0.394 e. The van der Waals surface area contributed by atoms with Crippen LogP contribution in [0.3, 0.4) is 0 Å². The standard InChI is InChI=1S/C13H18O4/c14-6-12(8-15-9-13-10-17-13)16-7-11-4-2-1-3-5-11/h1-5,12-14H,6-10H2. The first kappa shape index (κ1) is 12.5. The summed E-state index contributed by atoms with van der Waals surface area (Å²) >= 11 is 0. The van der Waals surface area contributed by atoms with Crippen molar-refractivity contribution >= 4 is 0 Å². The molecule has 2 rings (SSSR count). The number of epoxide rings is 1. The van der Waals surface area contributed by atoms with Crippen LogP contribution < -0.4 is 0 Å². The summed E-state index contributed by atoms with van der Waals surface area (Å²) in [5.41, 5.74) is 1.09. The molecular formula is C13H18O4. The van der Waals surface area contributed by atoms with E-state index in [4.69, 9.17) is 19.3 Å². The average molecular weight is 238 g/mol. The van der Waals surface area contributed by atoms with Crippen molar-refractivity contribution in [2.45, 2.75) is 18.8 Å².